The lowest BCUT2D eigenvalue weighted by Gasteiger charge is -2.20. The van der Waals surface area contributed by atoms with E-state index in [1.165, 1.54) is 6.92 Å². The van der Waals surface area contributed by atoms with Gasteiger partial charge in [-0.1, -0.05) is 20.3 Å². The number of likely N-dealkylation sites (N-methyl/N-ethyl adjacent to an activating group) is 1. The fourth-order valence-corrected chi connectivity index (χ4v) is 2.52. The average Bonchev–Trinajstić information content (AvgIpc) is 2.84. The molecule has 0 aromatic heterocycles. The molecule has 20 heavy (non-hydrogen) atoms. The van der Waals surface area contributed by atoms with Crippen molar-refractivity contribution in [3.05, 3.63) is 0 Å². The smallest absolute Gasteiger partial charge is 0.291 e. The normalized spacial score (nSPS) is 19.8. The van der Waals surface area contributed by atoms with Crippen molar-refractivity contribution in [3.8, 4) is 0 Å². The molecule has 2 unspecified atom stereocenters. The number of ketones is 1. The predicted octanol–water partition coefficient (Wildman–Crippen LogP) is 0.0707. The van der Waals surface area contributed by atoms with Gasteiger partial charge in [-0.05, 0) is 19.4 Å². The van der Waals surface area contributed by atoms with Crippen molar-refractivity contribution in [3.63, 3.8) is 0 Å². The lowest BCUT2D eigenvalue weighted by molar-refractivity contribution is -0.145. The van der Waals surface area contributed by atoms with E-state index in [2.05, 4.69) is 10.6 Å². The Bertz CT molecular complexity index is 365. The third kappa shape index (κ3) is 4.59. The number of nitrogens with zero attached hydrogens (tertiary/aromatic N) is 1. The van der Waals surface area contributed by atoms with Crippen LogP contribution in [0.4, 0.5) is 0 Å². The number of likely N-dealkylation sites (tertiary alicyclic amines) is 1. The Labute approximate surface area is 120 Å². The highest BCUT2D eigenvalue weighted by molar-refractivity contribution is 6.38. The van der Waals surface area contributed by atoms with Crippen molar-refractivity contribution in [2.45, 2.75) is 52.1 Å². The molecular weight excluding hydrogens is 258 g/mol. The van der Waals surface area contributed by atoms with E-state index in [4.69, 9.17) is 0 Å². The molecule has 6 heteroatoms. The molecule has 1 rings (SSSR count). The van der Waals surface area contributed by atoms with E-state index < -0.39 is 11.9 Å². The van der Waals surface area contributed by atoms with Gasteiger partial charge in [-0.25, -0.2) is 0 Å². The minimum absolute atomic E-state index is 0.0343. The summed E-state index contributed by atoms with van der Waals surface area (Å²) in [5.41, 5.74) is 0. The molecule has 0 radical (unpaired) electrons. The molecule has 1 heterocycles. The van der Waals surface area contributed by atoms with E-state index in [9.17, 15) is 14.4 Å². The molecule has 1 aliphatic rings. The van der Waals surface area contributed by atoms with Gasteiger partial charge in [0.1, 0.15) is 0 Å². The van der Waals surface area contributed by atoms with Crippen LogP contribution >= 0.6 is 0 Å². The Morgan fingerprint density at radius 1 is 1.30 bits per heavy atom. The lowest BCUT2D eigenvalue weighted by atomic mass is 10.1. The van der Waals surface area contributed by atoms with Gasteiger partial charge in [0.2, 0.25) is 11.7 Å². The summed E-state index contributed by atoms with van der Waals surface area (Å²) in [6.45, 7) is 6.99. The van der Waals surface area contributed by atoms with E-state index in [1.807, 2.05) is 13.8 Å². The second-order valence-electron chi connectivity index (χ2n) is 5.20. The van der Waals surface area contributed by atoms with Crippen LogP contribution in [-0.2, 0) is 14.4 Å². The summed E-state index contributed by atoms with van der Waals surface area (Å²) in [7, 11) is 0. The molecule has 2 N–H and O–H groups in total. The monoisotopic (exact) mass is 283 g/mol. The first-order chi connectivity index (χ1) is 9.49. The van der Waals surface area contributed by atoms with Gasteiger partial charge < -0.3 is 15.5 Å². The number of carbonyl (C=O) groups excluding carboxylic acids is 3. The number of Topliss-reactive ketones (excluding diaryl/α,β-unsaturated/α-hetero) is 1. The van der Waals surface area contributed by atoms with E-state index in [0.717, 1.165) is 6.42 Å². The zero-order valence-corrected chi connectivity index (χ0v) is 12.6. The fraction of sp³-hybridized carbons (Fsp3) is 0.786. The van der Waals surface area contributed by atoms with Crippen molar-refractivity contribution in [2.24, 2.45) is 0 Å². The summed E-state index contributed by atoms with van der Waals surface area (Å²) in [5, 5.41) is 5.85. The van der Waals surface area contributed by atoms with E-state index in [0.29, 0.717) is 32.5 Å². The van der Waals surface area contributed by atoms with Crippen molar-refractivity contribution >= 4 is 17.6 Å². The Balaban J connectivity index is 2.56. The van der Waals surface area contributed by atoms with Crippen LogP contribution in [0.25, 0.3) is 0 Å². The summed E-state index contributed by atoms with van der Waals surface area (Å²) < 4.78 is 0. The van der Waals surface area contributed by atoms with Gasteiger partial charge in [-0.3, -0.25) is 14.4 Å². The largest absolute Gasteiger partial charge is 0.352 e. The van der Waals surface area contributed by atoms with Gasteiger partial charge in [-0.15, -0.1) is 0 Å². The number of amides is 2. The van der Waals surface area contributed by atoms with Gasteiger partial charge in [0.05, 0.1) is 6.04 Å². The van der Waals surface area contributed by atoms with Crippen LogP contribution in [0.3, 0.4) is 0 Å². The highest BCUT2D eigenvalue weighted by Gasteiger charge is 2.33. The Kier molecular flexibility index (Phi) is 6.64. The SMILES string of the molecule is CCCC(NCC)C(=O)C(=O)N1CCC(NC(C)=O)C1. The molecular formula is C14H25N3O3. The first-order valence-corrected chi connectivity index (χ1v) is 7.33. The number of nitrogens with one attached hydrogen (secondary N) is 2. The van der Waals surface area contributed by atoms with Gasteiger partial charge >= 0.3 is 0 Å². The van der Waals surface area contributed by atoms with Crippen molar-refractivity contribution in [2.75, 3.05) is 19.6 Å². The van der Waals surface area contributed by atoms with E-state index in [1.54, 1.807) is 4.90 Å². The molecule has 0 aromatic carbocycles. The van der Waals surface area contributed by atoms with Crippen LogP contribution in [0.2, 0.25) is 0 Å². The Morgan fingerprint density at radius 3 is 2.55 bits per heavy atom. The minimum atomic E-state index is -0.433. The fourth-order valence-electron chi connectivity index (χ4n) is 2.52. The molecule has 0 spiro atoms. The molecule has 6 nitrogen and oxygen atoms in total. The third-order valence-electron chi connectivity index (χ3n) is 3.44. The molecule has 1 aliphatic heterocycles. The van der Waals surface area contributed by atoms with Crippen LogP contribution in [0.15, 0.2) is 0 Å². The molecule has 1 saturated heterocycles. The molecule has 0 aromatic rings. The second-order valence-corrected chi connectivity index (χ2v) is 5.20. The molecule has 2 atom stereocenters. The summed E-state index contributed by atoms with van der Waals surface area (Å²) in [6, 6.07) is -0.426. The number of rotatable bonds is 7. The predicted molar refractivity (Wildman–Crippen MR) is 76.2 cm³/mol. The van der Waals surface area contributed by atoms with Gasteiger partial charge in [0.15, 0.2) is 0 Å². The Hall–Kier alpha value is -1.43. The molecule has 114 valence electrons. The number of hydrogen-bond acceptors (Lipinski definition) is 4. The molecule has 0 bridgehead atoms. The van der Waals surface area contributed by atoms with Crippen LogP contribution in [0.1, 0.15) is 40.0 Å². The van der Waals surface area contributed by atoms with Crippen LogP contribution in [-0.4, -0.2) is 54.2 Å². The van der Waals surface area contributed by atoms with Gasteiger partial charge in [-0.2, -0.15) is 0 Å². The zero-order valence-electron chi connectivity index (χ0n) is 12.6. The van der Waals surface area contributed by atoms with Crippen LogP contribution < -0.4 is 10.6 Å². The quantitative estimate of drug-likeness (QED) is 0.648. The summed E-state index contributed by atoms with van der Waals surface area (Å²) >= 11 is 0. The molecule has 0 saturated carbocycles. The summed E-state index contributed by atoms with van der Waals surface area (Å²) in [5.74, 6) is -0.901. The standard InChI is InChI=1S/C14H25N3O3/c1-4-6-12(15-5-2)13(19)14(20)17-8-7-11(9-17)16-10(3)18/h11-12,15H,4-9H2,1-3H3,(H,16,18). The minimum Gasteiger partial charge on any atom is -0.352 e. The summed E-state index contributed by atoms with van der Waals surface area (Å²) in [4.78, 5) is 36.9. The van der Waals surface area contributed by atoms with Crippen LogP contribution in [0, 0.1) is 0 Å². The van der Waals surface area contributed by atoms with E-state index >= 15 is 0 Å². The maximum Gasteiger partial charge on any atom is 0.291 e. The lowest BCUT2D eigenvalue weighted by Crippen LogP contribution is -2.47. The first kappa shape index (κ1) is 16.6. The number of hydrogen-bond donors (Lipinski definition) is 2. The number of carbonyl (C=O) groups is 3. The molecule has 2 amide bonds. The van der Waals surface area contributed by atoms with Crippen molar-refractivity contribution < 1.29 is 14.4 Å². The van der Waals surface area contributed by atoms with Gasteiger partial charge in [0, 0.05) is 26.1 Å². The third-order valence-corrected chi connectivity index (χ3v) is 3.44. The molecule has 0 aliphatic carbocycles. The van der Waals surface area contributed by atoms with E-state index in [-0.39, 0.29) is 17.7 Å². The maximum absolute atomic E-state index is 12.2. The topological polar surface area (TPSA) is 78.5 Å². The average molecular weight is 283 g/mol. The van der Waals surface area contributed by atoms with Gasteiger partial charge in [0.25, 0.3) is 5.91 Å². The van der Waals surface area contributed by atoms with Crippen molar-refractivity contribution in [1.82, 2.24) is 15.5 Å². The highest BCUT2D eigenvalue weighted by Crippen LogP contribution is 2.11. The highest BCUT2D eigenvalue weighted by atomic mass is 16.2. The Morgan fingerprint density at radius 2 is 2.00 bits per heavy atom. The second kappa shape index (κ2) is 7.99. The first-order valence-electron chi connectivity index (χ1n) is 7.33. The maximum atomic E-state index is 12.2. The summed E-state index contributed by atoms with van der Waals surface area (Å²) in [6.07, 6.45) is 2.23. The van der Waals surface area contributed by atoms with Crippen molar-refractivity contribution in [1.29, 1.82) is 0 Å². The van der Waals surface area contributed by atoms with Crippen LogP contribution in [0.5, 0.6) is 0 Å². The zero-order chi connectivity index (χ0) is 15.1. The molecule has 1 fully saturated rings.